The third-order valence-corrected chi connectivity index (χ3v) is 2.90. The molecule has 0 fully saturated rings. The van der Waals surface area contributed by atoms with Crippen molar-refractivity contribution in [1.82, 2.24) is 10.2 Å². The molecule has 0 heterocycles. The maximum Gasteiger partial charge on any atom is 0.220 e. The minimum absolute atomic E-state index is 0.0688. The predicted octanol–water partition coefficient (Wildman–Crippen LogP) is 1.28. The molecule has 3 N–H and O–H groups in total. The smallest absolute Gasteiger partial charge is 0.220 e. The van der Waals surface area contributed by atoms with Gasteiger partial charge in [-0.1, -0.05) is 6.07 Å². The van der Waals surface area contributed by atoms with Gasteiger partial charge in [-0.15, -0.1) is 0 Å². The fourth-order valence-corrected chi connectivity index (χ4v) is 1.81. The second kappa shape index (κ2) is 8.43. The number of likely N-dealkylation sites (N-methyl/N-ethyl adjacent to an activating group) is 1. The first-order chi connectivity index (χ1) is 9.52. The molecule has 0 radical (unpaired) electrons. The van der Waals surface area contributed by atoms with E-state index in [9.17, 15) is 4.79 Å². The average molecular weight is 279 g/mol. The second-order valence-electron chi connectivity index (χ2n) is 4.96. The number of hydrogen-bond donors (Lipinski definition) is 2. The number of nitrogen functional groups attached to an aromatic ring is 1. The van der Waals surface area contributed by atoms with Crippen LogP contribution in [0.1, 0.15) is 18.9 Å². The van der Waals surface area contributed by atoms with E-state index in [0.29, 0.717) is 37.4 Å². The zero-order chi connectivity index (χ0) is 15.0. The summed E-state index contributed by atoms with van der Waals surface area (Å²) in [6, 6.07) is 5.69. The van der Waals surface area contributed by atoms with Gasteiger partial charge < -0.3 is 20.7 Å². The van der Waals surface area contributed by atoms with E-state index in [1.165, 1.54) is 0 Å². The number of amides is 1. The Labute approximate surface area is 121 Å². The van der Waals surface area contributed by atoms with Crippen molar-refractivity contribution in [2.45, 2.75) is 19.8 Å². The van der Waals surface area contributed by atoms with Crippen LogP contribution in [0.15, 0.2) is 18.2 Å². The minimum Gasteiger partial charge on any atom is -0.492 e. The van der Waals surface area contributed by atoms with Crippen LogP contribution in [0.2, 0.25) is 0 Å². The highest BCUT2D eigenvalue weighted by Crippen LogP contribution is 2.23. The Hall–Kier alpha value is -1.75. The highest BCUT2D eigenvalue weighted by atomic mass is 16.5. The van der Waals surface area contributed by atoms with Crippen molar-refractivity contribution in [3.63, 3.8) is 0 Å². The van der Waals surface area contributed by atoms with Gasteiger partial charge in [-0.25, -0.2) is 0 Å². The molecule has 20 heavy (non-hydrogen) atoms. The Balaban J connectivity index is 2.38. The van der Waals surface area contributed by atoms with Crippen molar-refractivity contribution in [3.05, 3.63) is 23.8 Å². The number of nitrogens with two attached hydrogens (primary N) is 1. The van der Waals surface area contributed by atoms with E-state index in [0.717, 1.165) is 12.1 Å². The first-order valence-corrected chi connectivity index (χ1v) is 6.95. The van der Waals surface area contributed by atoms with E-state index in [2.05, 4.69) is 5.32 Å². The molecule has 0 bridgehead atoms. The number of aryl methyl sites for hydroxylation is 1. The minimum atomic E-state index is 0.0688. The van der Waals surface area contributed by atoms with E-state index in [1.54, 1.807) is 0 Å². The van der Waals surface area contributed by atoms with Gasteiger partial charge in [0.1, 0.15) is 5.75 Å². The molecule has 5 nitrogen and oxygen atoms in total. The molecule has 112 valence electrons. The number of anilines is 1. The topological polar surface area (TPSA) is 67.6 Å². The summed E-state index contributed by atoms with van der Waals surface area (Å²) in [5.74, 6) is 0.769. The Morgan fingerprint density at radius 1 is 1.40 bits per heavy atom. The van der Waals surface area contributed by atoms with E-state index < -0.39 is 0 Å². The van der Waals surface area contributed by atoms with Gasteiger partial charge in [0.2, 0.25) is 5.91 Å². The molecule has 0 saturated carbocycles. The number of nitrogens with zero attached hydrogens (tertiary/aromatic N) is 1. The van der Waals surface area contributed by atoms with Gasteiger partial charge in [-0.2, -0.15) is 0 Å². The molecular weight excluding hydrogens is 254 g/mol. The monoisotopic (exact) mass is 279 g/mol. The fraction of sp³-hybridized carbons (Fsp3) is 0.533. The fourth-order valence-electron chi connectivity index (χ4n) is 1.81. The zero-order valence-corrected chi connectivity index (χ0v) is 12.6. The molecule has 0 spiro atoms. The number of carbonyl (C=O) groups excluding carboxylic acids is 1. The molecule has 0 aliphatic carbocycles. The van der Waals surface area contributed by atoms with Gasteiger partial charge in [0.25, 0.3) is 0 Å². The van der Waals surface area contributed by atoms with E-state index in [-0.39, 0.29) is 5.91 Å². The molecule has 0 atom stereocenters. The van der Waals surface area contributed by atoms with Crippen molar-refractivity contribution in [1.29, 1.82) is 0 Å². The van der Waals surface area contributed by atoms with Crippen LogP contribution < -0.4 is 15.8 Å². The lowest BCUT2D eigenvalue weighted by atomic mass is 10.1. The number of nitrogens with one attached hydrogen (secondary N) is 1. The molecule has 1 aromatic rings. The average Bonchev–Trinajstić information content (AvgIpc) is 2.39. The standard InChI is InChI=1S/C15H25N3O2/c1-4-20-14-7-5-12(11-13(14)16)6-8-15(19)17-9-10-18(2)3/h5,7,11H,4,6,8-10,16H2,1-3H3,(H,17,19). The van der Waals surface area contributed by atoms with Crippen molar-refractivity contribution in [2.75, 3.05) is 39.5 Å². The quantitative estimate of drug-likeness (QED) is 0.703. The van der Waals surface area contributed by atoms with Gasteiger partial charge in [0.15, 0.2) is 0 Å². The van der Waals surface area contributed by atoms with E-state index in [4.69, 9.17) is 10.5 Å². The lowest BCUT2D eigenvalue weighted by Gasteiger charge is -2.11. The van der Waals surface area contributed by atoms with Gasteiger partial charge in [0.05, 0.1) is 12.3 Å². The summed E-state index contributed by atoms with van der Waals surface area (Å²) in [7, 11) is 3.96. The summed E-state index contributed by atoms with van der Waals surface area (Å²) < 4.78 is 5.38. The highest BCUT2D eigenvalue weighted by Gasteiger charge is 2.05. The number of ether oxygens (including phenoxy) is 1. The highest BCUT2D eigenvalue weighted by molar-refractivity contribution is 5.76. The summed E-state index contributed by atoms with van der Waals surface area (Å²) >= 11 is 0. The van der Waals surface area contributed by atoms with Gasteiger partial charge in [0, 0.05) is 19.5 Å². The van der Waals surface area contributed by atoms with Crippen molar-refractivity contribution >= 4 is 11.6 Å². The Morgan fingerprint density at radius 3 is 2.75 bits per heavy atom. The SMILES string of the molecule is CCOc1ccc(CCC(=O)NCCN(C)C)cc1N. The van der Waals surface area contributed by atoms with Crippen LogP contribution in [0.25, 0.3) is 0 Å². The molecule has 1 amide bonds. The van der Waals surface area contributed by atoms with Gasteiger partial charge in [-0.05, 0) is 45.1 Å². The predicted molar refractivity (Wildman–Crippen MR) is 81.9 cm³/mol. The molecule has 5 heteroatoms. The van der Waals surface area contributed by atoms with E-state index in [1.807, 2.05) is 44.1 Å². The second-order valence-corrected chi connectivity index (χ2v) is 4.96. The first kappa shape index (κ1) is 16.3. The van der Waals surface area contributed by atoms with Crippen LogP contribution in [0.3, 0.4) is 0 Å². The summed E-state index contributed by atoms with van der Waals surface area (Å²) in [6.07, 6.45) is 1.16. The third kappa shape index (κ3) is 5.93. The van der Waals surface area contributed by atoms with Crippen LogP contribution >= 0.6 is 0 Å². The first-order valence-electron chi connectivity index (χ1n) is 6.95. The molecule has 0 aliphatic rings. The van der Waals surface area contributed by atoms with Gasteiger partial charge in [-0.3, -0.25) is 4.79 Å². The normalized spacial score (nSPS) is 10.6. The molecule has 1 aromatic carbocycles. The van der Waals surface area contributed by atoms with Crippen molar-refractivity contribution < 1.29 is 9.53 Å². The summed E-state index contributed by atoms with van der Waals surface area (Å²) in [4.78, 5) is 13.7. The number of benzene rings is 1. The lowest BCUT2D eigenvalue weighted by Crippen LogP contribution is -2.31. The summed E-state index contributed by atoms with van der Waals surface area (Å²) in [5, 5.41) is 2.89. The molecule has 0 aliphatic heterocycles. The van der Waals surface area contributed by atoms with Crippen LogP contribution in [-0.2, 0) is 11.2 Å². The number of carbonyl (C=O) groups is 1. The maximum atomic E-state index is 11.7. The number of hydrogen-bond acceptors (Lipinski definition) is 4. The van der Waals surface area contributed by atoms with Crippen LogP contribution in [0.4, 0.5) is 5.69 Å². The molecular formula is C15H25N3O2. The maximum absolute atomic E-state index is 11.7. The summed E-state index contributed by atoms with van der Waals surface area (Å²) in [5.41, 5.74) is 7.57. The largest absolute Gasteiger partial charge is 0.492 e. The van der Waals surface area contributed by atoms with Gasteiger partial charge >= 0.3 is 0 Å². The summed E-state index contributed by atoms with van der Waals surface area (Å²) in [6.45, 7) is 4.04. The molecule has 0 aromatic heterocycles. The van der Waals surface area contributed by atoms with Crippen LogP contribution in [-0.4, -0.2) is 44.6 Å². The van der Waals surface area contributed by atoms with Crippen molar-refractivity contribution in [2.24, 2.45) is 0 Å². The third-order valence-electron chi connectivity index (χ3n) is 2.90. The number of rotatable bonds is 8. The molecule has 0 saturated heterocycles. The lowest BCUT2D eigenvalue weighted by molar-refractivity contribution is -0.121. The Bertz CT molecular complexity index is 433. The molecule has 1 rings (SSSR count). The Morgan fingerprint density at radius 2 is 2.15 bits per heavy atom. The van der Waals surface area contributed by atoms with Crippen LogP contribution in [0, 0.1) is 0 Å². The van der Waals surface area contributed by atoms with Crippen molar-refractivity contribution in [3.8, 4) is 5.75 Å². The Kier molecular flexibility index (Phi) is 6.87. The zero-order valence-electron chi connectivity index (χ0n) is 12.6. The molecule has 0 unspecified atom stereocenters. The van der Waals surface area contributed by atoms with Crippen LogP contribution in [0.5, 0.6) is 5.75 Å². The van der Waals surface area contributed by atoms with E-state index >= 15 is 0 Å².